The number of Topliss-reactive ketones (excluding diaryl/α,β-unsaturated/α-hetero) is 1. The first-order valence-corrected chi connectivity index (χ1v) is 10.2. The molecule has 3 rings (SSSR count). The van der Waals surface area contributed by atoms with Crippen LogP contribution in [0.25, 0.3) is 10.2 Å². The highest BCUT2D eigenvalue weighted by molar-refractivity contribution is 7.99. The maximum Gasteiger partial charge on any atom is 0.272 e. The molecule has 6 nitrogen and oxygen atoms in total. The van der Waals surface area contributed by atoms with Gasteiger partial charge in [-0.2, -0.15) is 5.26 Å². The van der Waals surface area contributed by atoms with Gasteiger partial charge in [0, 0.05) is 17.6 Å². The number of nitriles is 1. The smallest absolute Gasteiger partial charge is 0.272 e. The predicted molar refractivity (Wildman–Crippen MR) is 100 cm³/mol. The number of aryl methyl sites for hydroxylation is 1. The highest BCUT2D eigenvalue weighted by atomic mass is 32.2. The Bertz CT molecular complexity index is 1030. The summed E-state index contributed by atoms with van der Waals surface area (Å²) >= 11 is 3.86. The molecule has 0 aromatic carbocycles. The fraction of sp³-hybridized carbons (Fsp3) is 0.312. The molecule has 0 saturated heterocycles. The predicted octanol–water partition coefficient (Wildman–Crippen LogP) is 3.21. The molecule has 0 amide bonds. The van der Waals surface area contributed by atoms with E-state index in [9.17, 15) is 14.9 Å². The van der Waals surface area contributed by atoms with Crippen molar-refractivity contribution < 1.29 is 4.79 Å². The normalized spacial score (nSPS) is 12.2. The zero-order valence-electron chi connectivity index (χ0n) is 13.6. The van der Waals surface area contributed by atoms with Crippen molar-refractivity contribution >= 4 is 50.4 Å². The van der Waals surface area contributed by atoms with Gasteiger partial charge in [0.1, 0.15) is 9.71 Å². The van der Waals surface area contributed by atoms with Gasteiger partial charge in [-0.3, -0.25) is 14.2 Å². The Hall–Kier alpha value is -2.02. The molecule has 0 saturated carbocycles. The molecule has 25 heavy (non-hydrogen) atoms. The average molecular weight is 391 g/mol. The van der Waals surface area contributed by atoms with Crippen molar-refractivity contribution in [2.45, 2.75) is 31.5 Å². The molecular weight excluding hydrogens is 376 g/mol. The topological polar surface area (TPSA) is 88.6 Å². The van der Waals surface area contributed by atoms with Crippen LogP contribution in [0.3, 0.4) is 0 Å². The molecule has 9 heteroatoms. The molecule has 3 heterocycles. The van der Waals surface area contributed by atoms with Crippen LogP contribution >= 0.6 is 34.4 Å². The van der Waals surface area contributed by atoms with Gasteiger partial charge < -0.3 is 0 Å². The second kappa shape index (κ2) is 7.47. The van der Waals surface area contributed by atoms with E-state index in [0.29, 0.717) is 26.9 Å². The van der Waals surface area contributed by atoms with Crippen LogP contribution in [0.4, 0.5) is 0 Å². The molecule has 0 spiro atoms. The minimum Gasteiger partial charge on any atom is -0.297 e. The number of hydrogen-bond acceptors (Lipinski definition) is 8. The number of rotatable bonds is 6. The number of aromatic nitrogens is 3. The molecule has 3 aromatic rings. The number of thiophene rings is 1. The Kier molecular flexibility index (Phi) is 5.32. The second-order valence-electron chi connectivity index (χ2n) is 5.22. The Morgan fingerprint density at radius 1 is 1.44 bits per heavy atom. The number of nitrogens with zero attached hydrogens (tertiary/aromatic N) is 4. The zero-order chi connectivity index (χ0) is 18.0. The van der Waals surface area contributed by atoms with Gasteiger partial charge in [-0.15, -0.1) is 22.7 Å². The Labute approximate surface area is 156 Å². The van der Waals surface area contributed by atoms with Crippen LogP contribution in [-0.2, 0) is 11.3 Å². The van der Waals surface area contributed by atoms with E-state index in [-0.39, 0.29) is 17.1 Å². The molecule has 0 bridgehead atoms. The number of ketones is 1. The lowest BCUT2D eigenvalue weighted by atomic mass is 10.1. The first-order valence-electron chi connectivity index (χ1n) is 7.50. The zero-order valence-corrected chi connectivity index (χ0v) is 16.0. The van der Waals surface area contributed by atoms with Crippen LogP contribution in [-0.4, -0.2) is 26.1 Å². The number of thiazole rings is 1. The molecule has 0 fully saturated rings. The molecule has 0 N–H and O–H groups in total. The lowest BCUT2D eigenvalue weighted by molar-refractivity contribution is -0.116. The van der Waals surface area contributed by atoms with Crippen LogP contribution in [0, 0.1) is 18.3 Å². The minimum atomic E-state index is -0.877. The highest BCUT2D eigenvalue weighted by Gasteiger charge is 2.24. The van der Waals surface area contributed by atoms with Crippen molar-refractivity contribution in [2.75, 3.05) is 5.75 Å². The summed E-state index contributed by atoms with van der Waals surface area (Å²) in [5.74, 6) is -1.04. The average Bonchev–Trinajstić information content (AvgIpc) is 3.23. The van der Waals surface area contributed by atoms with E-state index in [2.05, 4.69) is 9.97 Å². The fourth-order valence-electron chi connectivity index (χ4n) is 2.30. The Balaban J connectivity index is 1.83. The highest BCUT2D eigenvalue weighted by Crippen LogP contribution is 2.25. The van der Waals surface area contributed by atoms with Crippen molar-refractivity contribution in [3.8, 4) is 6.07 Å². The third-order valence-corrected chi connectivity index (χ3v) is 6.44. The number of hydrogen-bond donors (Lipinski definition) is 0. The SMILES string of the molecule is CCn1c(SCC(=O)[C@H](C#N)c2nc(C)cs2)nc2ccsc2c1=O. The molecule has 128 valence electrons. The van der Waals surface area contributed by atoms with E-state index in [0.717, 1.165) is 5.69 Å². The summed E-state index contributed by atoms with van der Waals surface area (Å²) in [6.07, 6.45) is 0. The molecule has 1 atom stereocenters. The van der Waals surface area contributed by atoms with Crippen LogP contribution in [0.15, 0.2) is 26.8 Å². The van der Waals surface area contributed by atoms with Gasteiger partial charge in [0.05, 0.1) is 17.3 Å². The summed E-state index contributed by atoms with van der Waals surface area (Å²) in [7, 11) is 0. The summed E-state index contributed by atoms with van der Waals surface area (Å²) in [6.45, 7) is 4.17. The van der Waals surface area contributed by atoms with Crippen LogP contribution in [0.5, 0.6) is 0 Å². The van der Waals surface area contributed by atoms with Gasteiger partial charge in [-0.05, 0) is 25.3 Å². The molecule has 0 unspecified atom stereocenters. The summed E-state index contributed by atoms with van der Waals surface area (Å²) in [5.41, 5.74) is 1.34. The van der Waals surface area contributed by atoms with E-state index in [1.54, 1.807) is 10.6 Å². The number of fused-ring (bicyclic) bond motifs is 1. The van der Waals surface area contributed by atoms with Crippen molar-refractivity contribution in [3.05, 3.63) is 37.9 Å². The number of carbonyl (C=O) groups excluding carboxylic acids is 1. The van der Waals surface area contributed by atoms with E-state index in [1.807, 2.05) is 30.7 Å². The summed E-state index contributed by atoms with van der Waals surface area (Å²) in [4.78, 5) is 33.7. The molecule has 0 radical (unpaired) electrons. The van der Waals surface area contributed by atoms with Gasteiger partial charge in [0.15, 0.2) is 16.9 Å². The van der Waals surface area contributed by atoms with Crippen molar-refractivity contribution in [2.24, 2.45) is 0 Å². The maximum absolute atomic E-state index is 12.5. The Morgan fingerprint density at radius 3 is 2.88 bits per heavy atom. The lowest BCUT2D eigenvalue weighted by Gasteiger charge is -2.10. The van der Waals surface area contributed by atoms with E-state index >= 15 is 0 Å². The van der Waals surface area contributed by atoms with Gasteiger partial charge in [-0.25, -0.2) is 9.97 Å². The van der Waals surface area contributed by atoms with E-state index < -0.39 is 5.92 Å². The molecule has 0 aliphatic heterocycles. The largest absolute Gasteiger partial charge is 0.297 e. The van der Waals surface area contributed by atoms with Crippen molar-refractivity contribution in [1.29, 1.82) is 5.26 Å². The molecular formula is C16H14N4O2S3. The summed E-state index contributed by atoms with van der Waals surface area (Å²) in [5, 5.41) is 14.0. The molecule has 3 aromatic heterocycles. The maximum atomic E-state index is 12.5. The summed E-state index contributed by atoms with van der Waals surface area (Å²) < 4.78 is 2.18. The van der Waals surface area contributed by atoms with Crippen LogP contribution in [0.1, 0.15) is 23.5 Å². The molecule has 0 aliphatic carbocycles. The standard InChI is InChI=1S/C16H14N4O2S3/c1-3-20-15(22)13-11(4-5-23-13)19-16(20)25-8-12(21)10(6-17)14-18-9(2)7-24-14/h4-5,7,10H,3,8H2,1-2H3/t10-/m0/s1. The quantitative estimate of drug-likeness (QED) is 0.474. The fourth-order valence-corrected chi connectivity index (χ4v) is 4.91. The second-order valence-corrected chi connectivity index (χ2v) is 7.97. The Morgan fingerprint density at radius 2 is 2.24 bits per heavy atom. The molecule has 0 aliphatic rings. The number of carbonyl (C=O) groups is 1. The first kappa shape index (κ1) is 17.8. The van der Waals surface area contributed by atoms with Gasteiger partial charge in [0.25, 0.3) is 5.56 Å². The van der Waals surface area contributed by atoms with Crippen molar-refractivity contribution in [1.82, 2.24) is 14.5 Å². The van der Waals surface area contributed by atoms with Crippen LogP contribution < -0.4 is 5.56 Å². The van der Waals surface area contributed by atoms with Gasteiger partial charge in [0.2, 0.25) is 0 Å². The summed E-state index contributed by atoms with van der Waals surface area (Å²) in [6, 6.07) is 3.83. The van der Waals surface area contributed by atoms with E-state index in [4.69, 9.17) is 0 Å². The van der Waals surface area contributed by atoms with Crippen LogP contribution in [0.2, 0.25) is 0 Å². The van der Waals surface area contributed by atoms with Gasteiger partial charge >= 0.3 is 0 Å². The van der Waals surface area contributed by atoms with Gasteiger partial charge in [-0.1, -0.05) is 11.8 Å². The van der Waals surface area contributed by atoms with Crippen molar-refractivity contribution in [3.63, 3.8) is 0 Å². The first-order chi connectivity index (χ1) is 12.0. The third kappa shape index (κ3) is 3.51. The van der Waals surface area contributed by atoms with E-state index in [1.165, 1.54) is 34.4 Å². The minimum absolute atomic E-state index is 0.0684. The lowest BCUT2D eigenvalue weighted by Crippen LogP contribution is -2.22. The monoisotopic (exact) mass is 390 g/mol. The third-order valence-electron chi connectivity index (χ3n) is 3.53. The number of thioether (sulfide) groups is 1.